The van der Waals surface area contributed by atoms with Gasteiger partial charge >= 0.3 is 6.18 Å². The van der Waals surface area contributed by atoms with Crippen LogP contribution < -0.4 is 14.8 Å². The maximum atomic E-state index is 13.2. The first-order chi connectivity index (χ1) is 13.5. The van der Waals surface area contributed by atoms with Gasteiger partial charge in [0.1, 0.15) is 11.3 Å². The zero-order chi connectivity index (χ0) is 20.4. The van der Waals surface area contributed by atoms with Crippen LogP contribution in [0.1, 0.15) is 51.5 Å². The average Bonchev–Trinajstić information content (AvgIpc) is 2.66. The summed E-state index contributed by atoms with van der Waals surface area (Å²) in [6, 6.07) is 7.12. The van der Waals surface area contributed by atoms with Crippen molar-refractivity contribution in [3.05, 3.63) is 36.0 Å². The maximum absolute atomic E-state index is 13.2. The Balaban J connectivity index is 2.18. The van der Waals surface area contributed by atoms with Crippen LogP contribution in [0, 0.1) is 0 Å². The maximum Gasteiger partial charge on any atom is 0.423 e. The van der Waals surface area contributed by atoms with Crippen LogP contribution in [0.4, 0.5) is 24.8 Å². The van der Waals surface area contributed by atoms with E-state index in [1.807, 2.05) is 13.0 Å². The Morgan fingerprint density at radius 1 is 0.964 bits per heavy atom. The summed E-state index contributed by atoms with van der Waals surface area (Å²) >= 11 is 0. The molecule has 0 spiro atoms. The molecule has 2 aromatic rings. The van der Waals surface area contributed by atoms with E-state index in [1.54, 1.807) is 18.2 Å². The quantitative estimate of drug-likeness (QED) is 0.472. The Morgan fingerprint density at radius 2 is 1.75 bits per heavy atom. The van der Waals surface area contributed by atoms with Crippen LogP contribution in [0.3, 0.4) is 0 Å². The van der Waals surface area contributed by atoms with Gasteiger partial charge < -0.3 is 14.8 Å². The van der Waals surface area contributed by atoms with Gasteiger partial charge in [-0.15, -0.1) is 0 Å². The van der Waals surface area contributed by atoms with Crippen molar-refractivity contribution in [1.29, 1.82) is 0 Å². The van der Waals surface area contributed by atoms with Crippen LogP contribution >= 0.6 is 0 Å². The fraction of sp³-hybridized carbons (Fsp3) is 0.500. The van der Waals surface area contributed by atoms with Gasteiger partial charge in [-0.25, -0.2) is 4.98 Å². The number of hydrogen-bond donors (Lipinski definition) is 1. The van der Waals surface area contributed by atoms with E-state index in [0.717, 1.165) is 31.9 Å². The smallest absolute Gasteiger partial charge is 0.423 e. The number of rotatable bonds is 11. The normalized spacial score (nSPS) is 11.3. The summed E-state index contributed by atoms with van der Waals surface area (Å²) in [5, 5.41) is 2.92. The van der Waals surface area contributed by atoms with Crippen LogP contribution in [0.15, 0.2) is 30.5 Å². The van der Waals surface area contributed by atoms with Gasteiger partial charge in [0.25, 0.3) is 0 Å². The first kappa shape index (κ1) is 21.8. The van der Waals surface area contributed by atoms with Gasteiger partial charge in [0.15, 0.2) is 0 Å². The highest BCUT2D eigenvalue weighted by atomic mass is 19.4. The number of benzene rings is 1. The number of nitrogens with one attached hydrogen (secondary N) is 1. The predicted octanol–water partition coefficient (Wildman–Crippen LogP) is 5.99. The molecule has 5 nitrogen and oxygen atoms in total. The lowest BCUT2D eigenvalue weighted by molar-refractivity contribution is -0.139. The molecule has 0 amide bonds. The molecule has 1 aromatic heterocycles. The molecule has 1 heterocycles. The molecule has 0 saturated heterocycles. The summed E-state index contributed by atoms with van der Waals surface area (Å²) in [5.74, 6) is 0.132. The number of anilines is 2. The second-order valence-corrected chi connectivity index (χ2v) is 6.29. The first-order valence-electron chi connectivity index (χ1n) is 9.51. The van der Waals surface area contributed by atoms with Gasteiger partial charge in [0.05, 0.1) is 18.9 Å². The van der Waals surface area contributed by atoms with Crippen molar-refractivity contribution < 1.29 is 22.6 Å². The van der Waals surface area contributed by atoms with E-state index in [9.17, 15) is 13.2 Å². The Labute approximate surface area is 163 Å². The number of halogens is 3. The van der Waals surface area contributed by atoms with Gasteiger partial charge in [0.2, 0.25) is 11.8 Å². The number of nitrogens with zero attached hydrogens (tertiary/aromatic N) is 2. The van der Waals surface area contributed by atoms with Crippen molar-refractivity contribution >= 4 is 11.6 Å². The van der Waals surface area contributed by atoms with Crippen LogP contribution in [0.25, 0.3) is 0 Å². The fourth-order valence-electron chi connectivity index (χ4n) is 2.46. The van der Waals surface area contributed by atoms with Crippen LogP contribution in [-0.4, -0.2) is 23.2 Å². The van der Waals surface area contributed by atoms with Crippen molar-refractivity contribution in [2.24, 2.45) is 0 Å². The molecule has 0 aliphatic carbocycles. The van der Waals surface area contributed by atoms with Gasteiger partial charge in [0, 0.05) is 6.20 Å². The van der Waals surface area contributed by atoms with Gasteiger partial charge in [-0.2, -0.15) is 18.2 Å². The standard InChI is InChI=1S/C20H26F3N3O2/c1-3-5-6-9-13-28-18-15(20(21,22)23)14-24-19(26-18)25-16-10-7-8-11-17(16)27-12-4-2/h7-8,10-11,14H,3-6,9,12-13H2,1-2H3,(H,24,25,26). The topological polar surface area (TPSA) is 56.3 Å². The van der Waals surface area contributed by atoms with E-state index >= 15 is 0 Å². The molecule has 0 radical (unpaired) electrons. The third-order valence-electron chi connectivity index (χ3n) is 3.89. The molecule has 0 unspecified atom stereocenters. The summed E-state index contributed by atoms with van der Waals surface area (Å²) in [5.41, 5.74) is -0.409. The molecule has 0 aliphatic heterocycles. The first-order valence-corrected chi connectivity index (χ1v) is 9.51. The number of aromatic nitrogens is 2. The number of unbranched alkanes of at least 4 members (excludes halogenated alkanes) is 3. The fourth-order valence-corrected chi connectivity index (χ4v) is 2.46. The summed E-state index contributed by atoms with van der Waals surface area (Å²) in [7, 11) is 0. The molecule has 0 saturated carbocycles. The molecule has 0 atom stereocenters. The summed E-state index contributed by atoms with van der Waals surface area (Å²) in [4.78, 5) is 7.76. The zero-order valence-corrected chi connectivity index (χ0v) is 16.2. The van der Waals surface area contributed by atoms with Gasteiger partial charge in [-0.05, 0) is 25.0 Å². The van der Waals surface area contributed by atoms with E-state index in [4.69, 9.17) is 9.47 Å². The number of para-hydroxylation sites is 2. The highest BCUT2D eigenvalue weighted by Crippen LogP contribution is 2.36. The van der Waals surface area contributed by atoms with Gasteiger partial charge in [-0.3, -0.25) is 0 Å². The monoisotopic (exact) mass is 397 g/mol. The molecular weight excluding hydrogens is 371 g/mol. The second kappa shape index (κ2) is 10.7. The molecule has 28 heavy (non-hydrogen) atoms. The molecule has 0 bridgehead atoms. The molecule has 0 aliphatic rings. The van der Waals surface area contributed by atoms with E-state index in [-0.39, 0.29) is 12.6 Å². The molecule has 8 heteroatoms. The summed E-state index contributed by atoms with van der Waals surface area (Å²) in [6.07, 6.45) is 0.615. The van der Waals surface area contributed by atoms with E-state index in [2.05, 4.69) is 22.2 Å². The van der Waals surface area contributed by atoms with Crippen molar-refractivity contribution in [1.82, 2.24) is 9.97 Å². The number of hydrogen-bond acceptors (Lipinski definition) is 5. The Kier molecular flexibility index (Phi) is 8.35. The van der Waals surface area contributed by atoms with Crippen LogP contribution in [0.5, 0.6) is 11.6 Å². The Bertz CT molecular complexity index is 739. The molecule has 154 valence electrons. The summed E-state index contributed by atoms with van der Waals surface area (Å²) < 4.78 is 50.7. The van der Waals surface area contributed by atoms with E-state index in [1.165, 1.54) is 0 Å². The van der Waals surface area contributed by atoms with Crippen molar-refractivity contribution in [2.45, 2.75) is 52.1 Å². The van der Waals surface area contributed by atoms with Crippen molar-refractivity contribution in [3.8, 4) is 11.6 Å². The lowest BCUT2D eigenvalue weighted by atomic mass is 10.2. The minimum atomic E-state index is -4.58. The third-order valence-corrected chi connectivity index (χ3v) is 3.89. The zero-order valence-electron chi connectivity index (χ0n) is 16.2. The molecule has 0 fully saturated rings. The molecule has 2 rings (SSSR count). The van der Waals surface area contributed by atoms with E-state index < -0.39 is 17.6 Å². The van der Waals surface area contributed by atoms with E-state index in [0.29, 0.717) is 24.5 Å². The minimum Gasteiger partial charge on any atom is -0.491 e. The lowest BCUT2D eigenvalue weighted by Crippen LogP contribution is -2.13. The minimum absolute atomic E-state index is 0.0177. The highest BCUT2D eigenvalue weighted by molar-refractivity contribution is 5.62. The molecule has 1 aromatic carbocycles. The SMILES string of the molecule is CCCCCCOc1nc(Nc2ccccc2OCCC)ncc1C(F)(F)F. The number of alkyl halides is 3. The largest absolute Gasteiger partial charge is 0.491 e. The number of ether oxygens (including phenoxy) is 2. The summed E-state index contributed by atoms with van der Waals surface area (Å²) in [6.45, 7) is 4.75. The predicted molar refractivity (Wildman–Crippen MR) is 102 cm³/mol. The third kappa shape index (κ3) is 6.58. The van der Waals surface area contributed by atoms with Crippen molar-refractivity contribution in [2.75, 3.05) is 18.5 Å². The average molecular weight is 397 g/mol. The molecular formula is C20H26F3N3O2. The van der Waals surface area contributed by atoms with Gasteiger partial charge in [-0.1, -0.05) is 45.2 Å². The second-order valence-electron chi connectivity index (χ2n) is 6.29. The molecule has 1 N–H and O–H groups in total. The highest BCUT2D eigenvalue weighted by Gasteiger charge is 2.36. The lowest BCUT2D eigenvalue weighted by Gasteiger charge is -2.15. The Hall–Kier alpha value is -2.51. The van der Waals surface area contributed by atoms with Crippen molar-refractivity contribution in [3.63, 3.8) is 0 Å². The van der Waals surface area contributed by atoms with Crippen LogP contribution in [-0.2, 0) is 6.18 Å². The van der Waals surface area contributed by atoms with Crippen LogP contribution in [0.2, 0.25) is 0 Å². The Morgan fingerprint density at radius 3 is 2.46 bits per heavy atom.